The third kappa shape index (κ3) is 6.59. The molecule has 0 aliphatic carbocycles. The molecule has 0 atom stereocenters. The molecular formula is C44H26N6. The van der Waals surface area contributed by atoms with Crippen LogP contribution < -0.4 is 0 Å². The fourth-order valence-corrected chi connectivity index (χ4v) is 5.59. The molecular weight excluding hydrogens is 613 g/mol. The summed E-state index contributed by atoms with van der Waals surface area (Å²) in [5.74, 6) is 13.6. The van der Waals surface area contributed by atoms with Crippen LogP contribution in [0.4, 0.5) is 0 Å². The summed E-state index contributed by atoms with van der Waals surface area (Å²) in [6, 6.07) is 43.3. The van der Waals surface area contributed by atoms with Gasteiger partial charge < -0.3 is 0 Å². The van der Waals surface area contributed by atoms with Crippen molar-refractivity contribution in [1.29, 1.82) is 0 Å². The van der Waals surface area contributed by atoms with Crippen molar-refractivity contribution in [2.75, 3.05) is 0 Å². The van der Waals surface area contributed by atoms with Gasteiger partial charge in [-0.3, -0.25) is 19.9 Å². The van der Waals surface area contributed by atoms with Crippen molar-refractivity contribution in [3.05, 3.63) is 181 Å². The molecule has 0 saturated heterocycles. The third-order valence-electron chi connectivity index (χ3n) is 7.97. The minimum atomic E-state index is 0.738. The van der Waals surface area contributed by atoms with Crippen LogP contribution in [0, 0.1) is 23.7 Å². The predicted octanol–water partition coefficient (Wildman–Crippen LogP) is 8.68. The van der Waals surface area contributed by atoms with Gasteiger partial charge in [0.2, 0.25) is 0 Å². The minimum Gasteiger partial charge on any atom is -0.255 e. The average Bonchev–Trinajstić information content (AvgIpc) is 3.20. The highest BCUT2D eigenvalue weighted by Crippen LogP contribution is 2.26. The molecule has 0 N–H and O–H groups in total. The summed E-state index contributed by atoms with van der Waals surface area (Å²) < 4.78 is 0. The molecule has 0 spiro atoms. The van der Waals surface area contributed by atoms with Crippen LogP contribution in [-0.4, -0.2) is 29.9 Å². The van der Waals surface area contributed by atoms with E-state index in [2.05, 4.69) is 55.8 Å². The van der Waals surface area contributed by atoms with Gasteiger partial charge in [-0.25, -0.2) is 9.97 Å². The summed E-state index contributed by atoms with van der Waals surface area (Å²) in [6.45, 7) is 0. The fraction of sp³-hybridized carbons (Fsp3) is 0. The van der Waals surface area contributed by atoms with E-state index in [-0.39, 0.29) is 0 Å². The predicted molar refractivity (Wildman–Crippen MR) is 197 cm³/mol. The molecule has 0 fully saturated rings. The Labute approximate surface area is 289 Å². The molecule has 0 aliphatic rings. The van der Waals surface area contributed by atoms with Crippen LogP contribution >= 0.6 is 0 Å². The molecule has 6 aromatic heterocycles. The third-order valence-corrected chi connectivity index (χ3v) is 7.97. The number of hydrogen-bond acceptors (Lipinski definition) is 6. The first-order valence-electron chi connectivity index (χ1n) is 16.0. The molecule has 0 unspecified atom stereocenters. The highest BCUT2D eigenvalue weighted by atomic mass is 14.8. The van der Waals surface area contributed by atoms with Gasteiger partial charge in [-0.1, -0.05) is 72.2 Å². The lowest BCUT2D eigenvalue weighted by molar-refractivity contribution is 1.21. The largest absolute Gasteiger partial charge is 0.255 e. The Balaban J connectivity index is 1.18. The van der Waals surface area contributed by atoms with E-state index >= 15 is 0 Å². The van der Waals surface area contributed by atoms with Crippen molar-refractivity contribution in [2.24, 2.45) is 0 Å². The van der Waals surface area contributed by atoms with E-state index < -0.39 is 0 Å². The summed E-state index contributed by atoms with van der Waals surface area (Å²) in [7, 11) is 0. The van der Waals surface area contributed by atoms with Gasteiger partial charge >= 0.3 is 0 Å². The molecule has 8 aromatic rings. The zero-order valence-corrected chi connectivity index (χ0v) is 26.7. The second-order valence-electron chi connectivity index (χ2n) is 11.3. The lowest BCUT2D eigenvalue weighted by Gasteiger charge is -2.06. The SMILES string of the molecule is C(#Cc1cccc2c(C#Cc3cc(-c4ccccn4)nc(-c4ccccn4)c3)cccc12)c1cc(-c2ccccn2)nc(-c2ccccn2)c1. The van der Waals surface area contributed by atoms with Crippen LogP contribution in [0.25, 0.3) is 56.3 Å². The molecule has 6 heteroatoms. The number of hydrogen-bond donors (Lipinski definition) is 0. The smallest absolute Gasteiger partial charge is 0.0906 e. The molecule has 0 radical (unpaired) electrons. The standard InChI is InChI=1S/C44H26N6/c1-5-23-45-37(15-1)41-27-31(28-42(49-41)38-16-2-6-24-46-38)19-21-33-11-9-14-36-34(12-10-13-35(33)36)22-20-32-29-43(39-17-3-7-25-47-39)50-44(30-32)40-18-4-8-26-48-40/h1-18,23-30H. The van der Waals surface area contributed by atoms with Crippen molar-refractivity contribution < 1.29 is 0 Å². The molecule has 2 aromatic carbocycles. The maximum absolute atomic E-state index is 4.86. The van der Waals surface area contributed by atoms with Crippen molar-refractivity contribution in [3.63, 3.8) is 0 Å². The number of rotatable bonds is 4. The fourth-order valence-electron chi connectivity index (χ4n) is 5.59. The molecule has 0 saturated carbocycles. The Kier molecular flexibility index (Phi) is 8.32. The number of fused-ring (bicyclic) bond motifs is 1. The first kappa shape index (κ1) is 30.1. The van der Waals surface area contributed by atoms with E-state index in [1.807, 2.05) is 121 Å². The summed E-state index contributed by atoms with van der Waals surface area (Å²) >= 11 is 0. The van der Waals surface area contributed by atoms with E-state index in [9.17, 15) is 0 Å². The van der Waals surface area contributed by atoms with Crippen molar-refractivity contribution >= 4 is 10.8 Å². The quantitative estimate of drug-likeness (QED) is 0.180. The van der Waals surface area contributed by atoms with E-state index in [1.165, 1.54) is 0 Å². The molecule has 6 heterocycles. The summed E-state index contributed by atoms with van der Waals surface area (Å²) in [6.07, 6.45) is 7.06. The Morgan fingerprint density at radius 3 is 0.940 bits per heavy atom. The molecule has 50 heavy (non-hydrogen) atoms. The maximum Gasteiger partial charge on any atom is 0.0906 e. The van der Waals surface area contributed by atoms with Gasteiger partial charge in [-0.05, 0) is 95.7 Å². The van der Waals surface area contributed by atoms with Gasteiger partial charge in [0.25, 0.3) is 0 Å². The zero-order chi connectivity index (χ0) is 33.5. The van der Waals surface area contributed by atoms with Crippen LogP contribution in [-0.2, 0) is 0 Å². The normalized spacial score (nSPS) is 10.5. The Morgan fingerprint density at radius 2 is 0.640 bits per heavy atom. The lowest BCUT2D eigenvalue weighted by Crippen LogP contribution is -1.94. The van der Waals surface area contributed by atoms with Crippen LogP contribution in [0.5, 0.6) is 0 Å². The van der Waals surface area contributed by atoms with E-state index in [4.69, 9.17) is 9.97 Å². The number of nitrogens with zero attached hydrogens (tertiary/aromatic N) is 6. The van der Waals surface area contributed by atoms with E-state index in [1.54, 1.807) is 24.8 Å². The van der Waals surface area contributed by atoms with E-state index in [0.29, 0.717) is 0 Å². The summed E-state index contributed by atoms with van der Waals surface area (Å²) in [5.41, 5.74) is 9.49. The van der Waals surface area contributed by atoms with Gasteiger partial charge in [0, 0.05) is 47.0 Å². The van der Waals surface area contributed by atoms with Crippen molar-refractivity contribution in [1.82, 2.24) is 29.9 Å². The second kappa shape index (κ2) is 13.8. The summed E-state index contributed by atoms with van der Waals surface area (Å²) in [4.78, 5) is 27.8. The van der Waals surface area contributed by atoms with Crippen LogP contribution in [0.1, 0.15) is 22.3 Å². The molecule has 0 aliphatic heterocycles. The Morgan fingerprint density at radius 1 is 0.300 bits per heavy atom. The van der Waals surface area contributed by atoms with Gasteiger partial charge in [-0.2, -0.15) is 0 Å². The first-order valence-corrected chi connectivity index (χ1v) is 16.0. The van der Waals surface area contributed by atoms with Gasteiger partial charge in [-0.15, -0.1) is 0 Å². The molecule has 232 valence electrons. The average molecular weight is 639 g/mol. The number of pyridine rings is 6. The van der Waals surface area contributed by atoms with Gasteiger partial charge in [0.1, 0.15) is 0 Å². The van der Waals surface area contributed by atoms with Gasteiger partial charge in [0.05, 0.1) is 45.6 Å². The van der Waals surface area contributed by atoms with E-state index in [0.717, 1.165) is 78.6 Å². The van der Waals surface area contributed by atoms with Crippen molar-refractivity contribution in [2.45, 2.75) is 0 Å². The lowest BCUT2D eigenvalue weighted by atomic mass is 9.99. The summed E-state index contributed by atoms with van der Waals surface area (Å²) in [5, 5.41) is 2.04. The second-order valence-corrected chi connectivity index (χ2v) is 11.3. The first-order chi connectivity index (χ1) is 24.8. The van der Waals surface area contributed by atoms with Crippen LogP contribution in [0.3, 0.4) is 0 Å². The van der Waals surface area contributed by atoms with Crippen molar-refractivity contribution in [3.8, 4) is 69.2 Å². The zero-order valence-electron chi connectivity index (χ0n) is 26.7. The molecule has 0 bridgehead atoms. The molecule has 6 nitrogen and oxygen atoms in total. The topological polar surface area (TPSA) is 77.3 Å². The Hall–Kier alpha value is -7.28. The van der Waals surface area contributed by atoms with Gasteiger partial charge in [0.15, 0.2) is 0 Å². The van der Waals surface area contributed by atoms with Crippen LogP contribution in [0.15, 0.2) is 158 Å². The minimum absolute atomic E-state index is 0.738. The maximum atomic E-state index is 4.86. The van der Waals surface area contributed by atoms with Crippen LogP contribution in [0.2, 0.25) is 0 Å². The Bertz CT molecular complexity index is 2280. The number of aromatic nitrogens is 6. The highest BCUT2D eigenvalue weighted by Gasteiger charge is 2.10. The molecule has 0 amide bonds. The number of benzene rings is 2. The molecule has 8 rings (SSSR count). The highest BCUT2D eigenvalue weighted by molar-refractivity contribution is 5.93. The monoisotopic (exact) mass is 638 g/mol.